The number of rotatable bonds is 3. The lowest BCUT2D eigenvalue weighted by atomic mass is 9.87. The van der Waals surface area contributed by atoms with Crippen LogP contribution in [-0.4, -0.2) is 38.5 Å². The highest BCUT2D eigenvalue weighted by molar-refractivity contribution is 6.23. The van der Waals surface area contributed by atoms with Crippen molar-refractivity contribution < 1.29 is 5.11 Å². The van der Waals surface area contributed by atoms with Crippen molar-refractivity contribution in [2.24, 2.45) is 5.92 Å². The largest absolute Gasteiger partial charge is 0.393 e. The zero-order valence-corrected chi connectivity index (χ0v) is 15.1. The van der Waals surface area contributed by atoms with Crippen molar-refractivity contribution in [3.63, 3.8) is 0 Å². The topological polar surface area (TPSA) is 54.2 Å². The Labute approximate surface area is 152 Å². The summed E-state index contributed by atoms with van der Waals surface area (Å²) in [5.41, 5.74) is 3.95. The predicted octanol–water partition coefficient (Wildman–Crippen LogP) is 3.52. The Bertz CT molecular complexity index is 779. The summed E-state index contributed by atoms with van der Waals surface area (Å²) >= 11 is 6.29. The lowest BCUT2D eigenvalue weighted by Gasteiger charge is -2.27. The lowest BCUT2D eigenvalue weighted by Crippen LogP contribution is -2.28. The van der Waals surface area contributed by atoms with Crippen LogP contribution in [-0.2, 0) is 6.54 Å². The number of halogens is 1. The van der Waals surface area contributed by atoms with Gasteiger partial charge in [-0.1, -0.05) is 11.6 Å². The molecule has 0 bridgehead atoms. The molecule has 0 saturated heterocycles. The van der Waals surface area contributed by atoms with Crippen LogP contribution in [0.2, 0.25) is 0 Å². The molecule has 1 unspecified atom stereocenters. The van der Waals surface area contributed by atoms with Crippen LogP contribution in [0.15, 0.2) is 30.7 Å². The van der Waals surface area contributed by atoms with Gasteiger partial charge in [-0.3, -0.25) is 9.67 Å². The molecule has 5 nitrogen and oxygen atoms in total. The molecule has 1 N–H and O–H groups in total. The Hall–Kier alpha value is -1.85. The first-order valence-electron chi connectivity index (χ1n) is 8.86. The predicted molar refractivity (Wildman–Crippen MR) is 101 cm³/mol. The molecule has 0 amide bonds. The summed E-state index contributed by atoms with van der Waals surface area (Å²) in [5, 5.41) is 14.2. The second-order valence-electron chi connectivity index (χ2n) is 7.10. The molecule has 0 spiro atoms. The van der Waals surface area contributed by atoms with E-state index in [2.05, 4.69) is 22.3 Å². The van der Waals surface area contributed by atoms with E-state index in [0.29, 0.717) is 5.92 Å². The molecule has 1 fully saturated rings. The van der Waals surface area contributed by atoms with Crippen LogP contribution in [0.4, 0.5) is 5.69 Å². The summed E-state index contributed by atoms with van der Waals surface area (Å²) in [7, 11) is 1.98. The van der Waals surface area contributed by atoms with E-state index in [1.165, 1.54) is 0 Å². The van der Waals surface area contributed by atoms with Gasteiger partial charge in [-0.15, -0.1) is 0 Å². The summed E-state index contributed by atoms with van der Waals surface area (Å²) in [6, 6.07) is 2.12. The van der Waals surface area contributed by atoms with Crippen LogP contribution in [0, 0.1) is 5.92 Å². The van der Waals surface area contributed by atoms with Gasteiger partial charge in [0.05, 0.1) is 23.7 Å². The third kappa shape index (κ3) is 3.44. The van der Waals surface area contributed by atoms with Crippen LogP contribution in [0.1, 0.15) is 31.4 Å². The zero-order valence-electron chi connectivity index (χ0n) is 14.3. The summed E-state index contributed by atoms with van der Waals surface area (Å²) < 4.78 is 2.02. The Morgan fingerprint density at radius 2 is 2.00 bits per heavy atom. The van der Waals surface area contributed by atoms with E-state index in [4.69, 9.17) is 11.6 Å². The molecule has 1 atom stereocenters. The Morgan fingerprint density at radius 3 is 2.80 bits per heavy atom. The van der Waals surface area contributed by atoms with E-state index in [1.54, 1.807) is 0 Å². The quantitative estimate of drug-likeness (QED) is 0.673. The van der Waals surface area contributed by atoms with Gasteiger partial charge >= 0.3 is 0 Å². The number of hydrogen-bond donors (Lipinski definition) is 1. The molecule has 0 aromatic carbocycles. The molecule has 2 aromatic heterocycles. The molecule has 4 rings (SSSR count). The third-order valence-corrected chi connectivity index (χ3v) is 5.73. The van der Waals surface area contributed by atoms with E-state index < -0.39 is 0 Å². The standard InChI is InChI=1S/C19H23ClN4O/c1-23-18-8-14(9-21-17(18)6-7-19(23)20)15-10-22-24(12-15)11-13-2-4-16(25)5-3-13/h6-10,12-13,16,19,25H,2-5,11H2,1H3/t13-,16-,19?. The van der Waals surface area contributed by atoms with Crippen molar-refractivity contribution >= 4 is 23.4 Å². The maximum absolute atomic E-state index is 9.64. The number of aliphatic hydroxyl groups excluding tert-OH is 1. The highest BCUT2D eigenvalue weighted by Gasteiger charge is 2.21. The van der Waals surface area contributed by atoms with Crippen LogP contribution >= 0.6 is 11.6 Å². The summed E-state index contributed by atoms with van der Waals surface area (Å²) in [4.78, 5) is 6.58. The van der Waals surface area contributed by atoms with E-state index >= 15 is 0 Å². The molecule has 3 heterocycles. The first-order chi connectivity index (χ1) is 12.1. The van der Waals surface area contributed by atoms with E-state index in [1.807, 2.05) is 41.2 Å². The minimum Gasteiger partial charge on any atom is -0.393 e. The van der Waals surface area contributed by atoms with Crippen molar-refractivity contribution in [1.29, 1.82) is 0 Å². The van der Waals surface area contributed by atoms with Gasteiger partial charge in [-0.2, -0.15) is 5.10 Å². The number of fused-ring (bicyclic) bond motifs is 1. The van der Waals surface area contributed by atoms with Crippen LogP contribution in [0.3, 0.4) is 0 Å². The van der Waals surface area contributed by atoms with Gasteiger partial charge < -0.3 is 10.0 Å². The Balaban J connectivity index is 1.52. The van der Waals surface area contributed by atoms with E-state index in [0.717, 1.165) is 54.7 Å². The highest BCUT2D eigenvalue weighted by atomic mass is 35.5. The van der Waals surface area contributed by atoms with E-state index in [9.17, 15) is 5.11 Å². The third-order valence-electron chi connectivity index (χ3n) is 5.29. The van der Waals surface area contributed by atoms with Crippen molar-refractivity contribution in [3.8, 4) is 11.1 Å². The number of hydrogen-bond acceptors (Lipinski definition) is 4. The Morgan fingerprint density at radius 1 is 1.20 bits per heavy atom. The number of likely N-dealkylation sites (N-methyl/N-ethyl adjacent to an activating group) is 1. The molecule has 6 heteroatoms. The fourth-order valence-corrected chi connectivity index (χ4v) is 3.85. The van der Waals surface area contributed by atoms with Gasteiger partial charge in [0, 0.05) is 37.1 Å². The van der Waals surface area contributed by atoms with Crippen LogP contribution < -0.4 is 4.90 Å². The first kappa shape index (κ1) is 16.6. The first-order valence-corrected chi connectivity index (χ1v) is 9.30. The van der Waals surface area contributed by atoms with Crippen LogP contribution in [0.5, 0.6) is 0 Å². The summed E-state index contributed by atoms with van der Waals surface area (Å²) in [5.74, 6) is 0.603. The van der Waals surface area contributed by atoms with Gasteiger partial charge in [0.2, 0.25) is 0 Å². The average molecular weight is 359 g/mol. The molecule has 0 radical (unpaired) electrons. The maximum atomic E-state index is 9.64. The highest BCUT2D eigenvalue weighted by Crippen LogP contribution is 2.32. The number of anilines is 1. The smallest absolute Gasteiger partial charge is 0.123 e. The number of aromatic nitrogens is 3. The minimum atomic E-state index is -0.145. The number of pyridine rings is 1. The van der Waals surface area contributed by atoms with Crippen molar-refractivity contribution in [1.82, 2.24) is 14.8 Å². The SMILES string of the molecule is CN1c2cc(-c3cnn(C[C@H]4CC[C@H](O)CC4)c3)cnc2C=CC1Cl. The van der Waals surface area contributed by atoms with Gasteiger partial charge in [-0.25, -0.2) is 0 Å². The summed E-state index contributed by atoms with van der Waals surface area (Å²) in [6.45, 7) is 0.914. The monoisotopic (exact) mass is 358 g/mol. The van der Waals surface area contributed by atoms with Crippen LogP contribution in [0.25, 0.3) is 17.2 Å². The second kappa shape index (κ2) is 6.81. The molecule has 1 aliphatic carbocycles. The average Bonchev–Trinajstić information content (AvgIpc) is 3.08. The molecule has 25 heavy (non-hydrogen) atoms. The molecular formula is C19H23ClN4O. The molecule has 2 aromatic rings. The maximum Gasteiger partial charge on any atom is 0.123 e. The number of alkyl halides is 1. The fraction of sp³-hybridized carbons (Fsp3) is 0.474. The van der Waals surface area contributed by atoms with Crippen molar-refractivity contribution in [3.05, 3.63) is 36.4 Å². The van der Waals surface area contributed by atoms with Gasteiger partial charge in [0.15, 0.2) is 0 Å². The molecule has 1 saturated carbocycles. The number of aliphatic hydroxyl groups is 1. The Kier molecular flexibility index (Phi) is 4.52. The normalized spacial score (nSPS) is 25.9. The van der Waals surface area contributed by atoms with E-state index in [-0.39, 0.29) is 11.6 Å². The second-order valence-corrected chi connectivity index (χ2v) is 7.54. The molecular weight excluding hydrogens is 336 g/mol. The zero-order chi connectivity index (χ0) is 17.4. The fourth-order valence-electron chi connectivity index (χ4n) is 3.67. The summed E-state index contributed by atoms with van der Waals surface area (Å²) in [6.07, 6.45) is 13.7. The molecule has 1 aliphatic heterocycles. The van der Waals surface area contributed by atoms with Crippen molar-refractivity contribution in [2.45, 2.75) is 43.8 Å². The lowest BCUT2D eigenvalue weighted by molar-refractivity contribution is 0.103. The number of nitrogens with zero attached hydrogens (tertiary/aromatic N) is 4. The molecule has 132 valence electrons. The van der Waals surface area contributed by atoms with Gasteiger partial charge in [0.25, 0.3) is 0 Å². The molecule has 2 aliphatic rings. The van der Waals surface area contributed by atoms with Gasteiger partial charge in [0.1, 0.15) is 5.50 Å². The van der Waals surface area contributed by atoms with Gasteiger partial charge in [-0.05, 0) is 49.8 Å². The minimum absolute atomic E-state index is 0.109. The van der Waals surface area contributed by atoms with Crippen molar-refractivity contribution in [2.75, 3.05) is 11.9 Å².